The minimum atomic E-state index is -0.301. The number of rotatable bonds is 3. The van der Waals surface area contributed by atoms with Crippen LogP contribution in [0.3, 0.4) is 0 Å². The van der Waals surface area contributed by atoms with E-state index in [1.54, 1.807) is 18.2 Å². The van der Waals surface area contributed by atoms with E-state index in [0.717, 1.165) is 25.7 Å². The first kappa shape index (κ1) is 12.5. The number of hydrogen-bond acceptors (Lipinski definition) is 4. The van der Waals surface area contributed by atoms with Gasteiger partial charge in [-0.2, -0.15) is 0 Å². The molecule has 0 spiro atoms. The van der Waals surface area contributed by atoms with Gasteiger partial charge < -0.3 is 15.2 Å². The average Bonchev–Trinajstić information content (AvgIpc) is 2.84. The lowest BCUT2D eigenvalue weighted by atomic mass is 9.90. The molecule has 2 aliphatic rings. The van der Waals surface area contributed by atoms with Gasteiger partial charge in [-0.05, 0) is 31.0 Å². The van der Waals surface area contributed by atoms with Gasteiger partial charge in [-0.15, -0.1) is 0 Å². The molecule has 4 heteroatoms. The number of carbonyl (C=O) groups is 1. The standard InChI is InChI=1S/C15H19NO3/c16-15(5-1-2-6-15)10-12(17)11-3-4-13-14(9-11)19-8-7-18-13/h3-4,9H,1-2,5-8,10,16H2. The van der Waals surface area contributed by atoms with Crippen molar-refractivity contribution in [2.24, 2.45) is 5.73 Å². The van der Waals surface area contributed by atoms with E-state index >= 15 is 0 Å². The maximum Gasteiger partial charge on any atom is 0.164 e. The highest BCUT2D eigenvalue weighted by Gasteiger charge is 2.32. The number of ether oxygens (including phenoxy) is 2. The van der Waals surface area contributed by atoms with E-state index in [1.807, 2.05) is 0 Å². The van der Waals surface area contributed by atoms with Crippen molar-refractivity contribution >= 4 is 5.78 Å². The minimum absolute atomic E-state index is 0.0985. The monoisotopic (exact) mass is 261 g/mol. The maximum atomic E-state index is 12.3. The molecule has 1 heterocycles. The van der Waals surface area contributed by atoms with Crippen LogP contribution in [-0.4, -0.2) is 24.5 Å². The maximum absolute atomic E-state index is 12.3. The number of ketones is 1. The van der Waals surface area contributed by atoms with Crippen molar-refractivity contribution in [3.63, 3.8) is 0 Å². The molecule has 1 aliphatic carbocycles. The van der Waals surface area contributed by atoms with E-state index in [-0.39, 0.29) is 11.3 Å². The molecular weight excluding hydrogens is 242 g/mol. The second kappa shape index (κ2) is 4.85. The van der Waals surface area contributed by atoms with Gasteiger partial charge in [0.1, 0.15) is 13.2 Å². The van der Waals surface area contributed by atoms with Gasteiger partial charge in [-0.1, -0.05) is 12.8 Å². The Kier molecular flexibility index (Phi) is 3.19. The van der Waals surface area contributed by atoms with Gasteiger partial charge in [0.05, 0.1) is 0 Å². The van der Waals surface area contributed by atoms with Crippen molar-refractivity contribution < 1.29 is 14.3 Å². The number of nitrogens with two attached hydrogens (primary N) is 1. The van der Waals surface area contributed by atoms with Crippen LogP contribution in [0.25, 0.3) is 0 Å². The molecule has 2 N–H and O–H groups in total. The molecule has 0 aromatic heterocycles. The van der Waals surface area contributed by atoms with Gasteiger partial charge in [0.15, 0.2) is 17.3 Å². The van der Waals surface area contributed by atoms with Crippen LogP contribution in [0.15, 0.2) is 18.2 Å². The quantitative estimate of drug-likeness (QED) is 0.848. The topological polar surface area (TPSA) is 61.6 Å². The molecule has 102 valence electrons. The van der Waals surface area contributed by atoms with Crippen LogP contribution >= 0.6 is 0 Å². The van der Waals surface area contributed by atoms with Gasteiger partial charge in [-0.25, -0.2) is 0 Å². The van der Waals surface area contributed by atoms with Gasteiger partial charge in [0, 0.05) is 17.5 Å². The summed E-state index contributed by atoms with van der Waals surface area (Å²) in [5, 5.41) is 0. The van der Waals surface area contributed by atoms with E-state index in [1.165, 1.54) is 0 Å². The second-order valence-corrected chi connectivity index (χ2v) is 5.53. The van der Waals surface area contributed by atoms with Gasteiger partial charge in [-0.3, -0.25) is 4.79 Å². The Morgan fingerprint density at radius 1 is 1.16 bits per heavy atom. The molecule has 1 aromatic carbocycles. The van der Waals surface area contributed by atoms with Crippen molar-refractivity contribution in [2.75, 3.05) is 13.2 Å². The molecule has 3 rings (SSSR count). The molecule has 0 bridgehead atoms. The average molecular weight is 261 g/mol. The number of benzene rings is 1. The van der Waals surface area contributed by atoms with Crippen LogP contribution < -0.4 is 15.2 Å². The van der Waals surface area contributed by atoms with Gasteiger partial charge >= 0.3 is 0 Å². The van der Waals surface area contributed by atoms with Crippen LogP contribution in [0.5, 0.6) is 11.5 Å². The zero-order valence-corrected chi connectivity index (χ0v) is 11.0. The van der Waals surface area contributed by atoms with Crippen molar-refractivity contribution in [3.8, 4) is 11.5 Å². The summed E-state index contributed by atoms with van der Waals surface area (Å²) in [4.78, 5) is 12.3. The van der Waals surface area contributed by atoms with Crippen LogP contribution in [-0.2, 0) is 0 Å². The second-order valence-electron chi connectivity index (χ2n) is 5.53. The molecule has 1 aliphatic heterocycles. The smallest absolute Gasteiger partial charge is 0.164 e. The predicted molar refractivity (Wildman–Crippen MR) is 71.8 cm³/mol. The summed E-state index contributed by atoms with van der Waals surface area (Å²) < 4.78 is 11.0. The lowest BCUT2D eigenvalue weighted by Crippen LogP contribution is -2.38. The third-order valence-corrected chi connectivity index (χ3v) is 3.98. The minimum Gasteiger partial charge on any atom is -0.486 e. The number of carbonyl (C=O) groups excluding carboxylic acids is 1. The molecule has 0 amide bonds. The first-order chi connectivity index (χ1) is 9.16. The van der Waals surface area contributed by atoms with Gasteiger partial charge in [0.2, 0.25) is 0 Å². The van der Waals surface area contributed by atoms with Crippen molar-refractivity contribution in [1.29, 1.82) is 0 Å². The van der Waals surface area contributed by atoms with Crippen LogP contribution in [0.4, 0.5) is 0 Å². The fraction of sp³-hybridized carbons (Fsp3) is 0.533. The lowest BCUT2D eigenvalue weighted by molar-refractivity contribution is 0.0951. The predicted octanol–water partition coefficient (Wildman–Crippen LogP) is 2.30. The molecule has 1 fully saturated rings. The zero-order valence-electron chi connectivity index (χ0n) is 11.0. The molecule has 1 saturated carbocycles. The Hall–Kier alpha value is -1.55. The van der Waals surface area contributed by atoms with Crippen LogP contribution in [0, 0.1) is 0 Å². The number of fused-ring (bicyclic) bond motifs is 1. The molecule has 1 aromatic rings. The molecule has 4 nitrogen and oxygen atoms in total. The Bertz CT molecular complexity index is 492. The SMILES string of the molecule is NC1(CC(=O)c2ccc3c(c2)OCCO3)CCCC1. The zero-order chi connectivity index (χ0) is 13.3. The summed E-state index contributed by atoms with van der Waals surface area (Å²) in [6.45, 7) is 1.09. The third-order valence-electron chi connectivity index (χ3n) is 3.98. The van der Waals surface area contributed by atoms with E-state index in [0.29, 0.717) is 36.7 Å². The molecule has 0 saturated heterocycles. The number of Topliss-reactive ketones (excluding diaryl/α,β-unsaturated/α-hetero) is 1. The third kappa shape index (κ3) is 2.59. The highest BCUT2D eigenvalue weighted by molar-refractivity contribution is 5.97. The lowest BCUT2D eigenvalue weighted by Gasteiger charge is -2.23. The highest BCUT2D eigenvalue weighted by atomic mass is 16.6. The molecular formula is C15H19NO3. The first-order valence-electron chi connectivity index (χ1n) is 6.88. The Morgan fingerprint density at radius 2 is 1.84 bits per heavy atom. The normalized spacial score (nSPS) is 20.3. The summed E-state index contributed by atoms with van der Waals surface area (Å²) in [5.41, 5.74) is 6.62. The van der Waals surface area contributed by atoms with Crippen molar-refractivity contribution in [2.45, 2.75) is 37.6 Å². The summed E-state index contributed by atoms with van der Waals surface area (Å²) >= 11 is 0. The van der Waals surface area contributed by atoms with Gasteiger partial charge in [0.25, 0.3) is 0 Å². The Balaban J connectivity index is 1.76. The van der Waals surface area contributed by atoms with E-state index in [9.17, 15) is 4.79 Å². The van der Waals surface area contributed by atoms with Crippen molar-refractivity contribution in [3.05, 3.63) is 23.8 Å². The fourth-order valence-corrected chi connectivity index (χ4v) is 2.89. The fourth-order valence-electron chi connectivity index (χ4n) is 2.89. The number of hydrogen-bond donors (Lipinski definition) is 1. The molecule has 0 unspecified atom stereocenters. The Labute approximate surface area is 112 Å². The summed E-state index contributed by atoms with van der Waals surface area (Å²) in [7, 11) is 0. The molecule has 0 atom stereocenters. The molecule has 19 heavy (non-hydrogen) atoms. The molecule has 0 radical (unpaired) electrons. The Morgan fingerprint density at radius 3 is 2.58 bits per heavy atom. The summed E-state index contributed by atoms with van der Waals surface area (Å²) in [6.07, 6.45) is 4.58. The van der Waals surface area contributed by atoms with E-state index in [2.05, 4.69) is 0 Å². The largest absolute Gasteiger partial charge is 0.486 e. The summed E-state index contributed by atoms with van der Waals surface area (Å²) in [5.74, 6) is 1.47. The van der Waals surface area contributed by atoms with Crippen molar-refractivity contribution in [1.82, 2.24) is 0 Å². The van der Waals surface area contributed by atoms with Crippen LogP contribution in [0.2, 0.25) is 0 Å². The summed E-state index contributed by atoms with van der Waals surface area (Å²) in [6, 6.07) is 5.38. The first-order valence-corrected chi connectivity index (χ1v) is 6.88. The van der Waals surface area contributed by atoms with E-state index < -0.39 is 0 Å². The highest BCUT2D eigenvalue weighted by Crippen LogP contribution is 2.34. The van der Waals surface area contributed by atoms with Crippen LogP contribution in [0.1, 0.15) is 42.5 Å². The van der Waals surface area contributed by atoms with E-state index in [4.69, 9.17) is 15.2 Å².